The number of aliphatic carboxylic acids is 1. The molecule has 1 fully saturated rings. The Bertz CT molecular complexity index is 462. The average molecular weight is 267 g/mol. The molecule has 0 bridgehead atoms. The lowest BCUT2D eigenvalue weighted by molar-refractivity contribution is -0.138. The highest BCUT2D eigenvalue weighted by atomic mass is 32.2. The van der Waals surface area contributed by atoms with Crippen molar-refractivity contribution in [3.63, 3.8) is 0 Å². The van der Waals surface area contributed by atoms with Gasteiger partial charge in [0.25, 0.3) is 0 Å². The van der Waals surface area contributed by atoms with E-state index in [9.17, 15) is 9.59 Å². The van der Waals surface area contributed by atoms with Crippen LogP contribution in [-0.2, 0) is 9.59 Å². The maximum atomic E-state index is 11.7. The highest BCUT2D eigenvalue weighted by Crippen LogP contribution is 2.32. The van der Waals surface area contributed by atoms with Crippen LogP contribution in [0.1, 0.15) is 12.2 Å². The zero-order valence-corrected chi connectivity index (χ0v) is 10.4. The van der Waals surface area contributed by atoms with Crippen molar-refractivity contribution in [2.75, 3.05) is 11.5 Å². The Morgan fingerprint density at radius 1 is 1.56 bits per heavy atom. The van der Waals surface area contributed by atoms with Crippen LogP contribution in [0, 0.1) is 0 Å². The fourth-order valence-corrected chi connectivity index (χ4v) is 2.75. The second kappa shape index (κ2) is 5.30. The van der Waals surface area contributed by atoms with Gasteiger partial charge in [0, 0.05) is 17.6 Å². The number of furan rings is 1. The summed E-state index contributed by atoms with van der Waals surface area (Å²) in [5.41, 5.74) is -0.596. The minimum absolute atomic E-state index is 0.0413. The molecule has 0 aliphatic carbocycles. The Morgan fingerprint density at radius 3 is 2.83 bits per heavy atom. The van der Waals surface area contributed by atoms with Crippen LogP contribution in [0.3, 0.4) is 0 Å². The number of rotatable bonds is 5. The summed E-state index contributed by atoms with van der Waals surface area (Å²) in [5.74, 6) is 0.665. The molecule has 2 heterocycles. The van der Waals surface area contributed by atoms with Crippen LogP contribution in [0.5, 0.6) is 0 Å². The first kappa shape index (κ1) is 12.8. The van der Waals surface area contributed by atoms with Gasteiger partial charge in [0.2, 0.25) is 5.91 Å². The van der Waals surface area contributed by atoms with E-state index in [1.807, 2.05) is 0 Å². The third-order valence-electron chi connectivity index (χ3n) is 2.58. The van der Waals surface area contributed by atoms with E-state index in [1.54, 1.807) is 30.0 Å². The molecule has 1 aromatic rings. The van der Waals surface area contributed by atoms with Gasteiger partial charge in [0.1, 0.15) is 5.76 Å². The van der Waals surface area contributed by atoms with E-state index in [2.05, 4.69) is 5.32 Å². The topological polar surface area (TPSA) is 79.5 Å². The Hall–Kier alpha value is -1.69. The SMILES string of the molecule is O=C(O)CC1(NC(=O)/C=C/c2ccco2)CSC1. The second-order valence-electron chi connectivity index (χ2n) is 4.18. The van der Waals surface area contributed by atoms with Crippen LogP contribution < -0.4 is 5.32 Å². The van der Waals surface area contributed by atoms with Crippen LogP contribution in [-0.4, -0.2) is 34.0 Å². The maximum absolute atomic E-state index is 11.7. The molecule has 1 amide bonds. The van der Waals surface area contributed by atoms with E-state index in [4.69, 9.17) is 9.52 Å². The molecule has 2 N–H and O–H groups in total. The van der Waals surface area contributed by atoms with E-state index >= 15 is 0 Å². The highest BCUT2D eigenvalue weighted by Gasteiger charge is 2.40. The molecule has 1 saturated heterocycles. The smallest absolute Gasteiger partial charge is 0.305 e. The van der Waals surface area contributed by atoms with Gasteiger partial charge in [-0.25, -0.2) is 0 Å². The van der Waals surface area contributed by atoms with Crippen LogP contribution in [0.15, 0.2) is 28.9 Å². The lowest BCUT2D eigenvalue weighted by atomic mass is 9.99. The van der Waals surface area contributed by atoms with Crippen molar-refractivity contribution in [3.8, 4) is 0 Å². The number of nitrogens with one attached hydrogen (secondary N) is 1. The molecule has 96 valence electrons. The average Bonchev–Trinajstić information content (AvgIpc) is 2.75. The van der Waals surface area contributed by atoms with Crippen molar-refractivity contribution in [1.29, 1.82) is 0 Å². The molecule has 0 radical (unpaired) electrons. The summed E-state index contributed by atoms with van der Waals surface area (Å²) in [6, 6.07) is 3.46. The van der Waals surface area contributed by atoms with Crippen molar-refractivity contribution < 1.29 is 19.1 Å². The van der Waals surface area contributed by atoms with Gasteiger partial charge in [0.05, 0.1) is 18.2 Å². The molecule has 2 rings (SSSR count). The van der Waals surface area contributed by atoms with Gasteiger partial charge < -0.3 is 14.8 Å². The predicted molar refractivity (Wildman–Crippen MR) is 68.2 cm³/mol. The monoisotopic (exact) mass is 267 g/mol. The van der Waals surface area contributed by atoms with Gasteiger partial charge in [-0.1, -0.05) is 0 Å². The normalized spacial score (nSPS) is 17.3. The molecule has 18 heavy (non-hydrogen) atoms. The van der Waals surface area contributed by atoms with Crippen molar-refractivity contribution >= 4 is 29.7 Å². The molecule has 0 saturated carbocycles. The van der Waals surface area contributed by atoms with Gasteiger partial charge >= 0.3 is 5.97 Å². The van der Waals surface area contributed by atoms with Crippen molar-refractivity contribution in [2.45, 2.75) is 12.0 Å². The number of carboxylic acid groups (broad SMARTS) is 1. The predicted octanol–water partition coefficient (Wildman–Crippen LogP) is 1.37. The molecule has 1 aliphatic rings. The summed E-state index contributed by atoms with van der Waals surface area (Å²) in [6.45, 7) is 0. The summed E-state index contributed by atoms with van der Waals surface area (Å²) in [4.78, 5) is 22.4. The number of amides is 1. The summed E-state index contributed by atoms with van der Waals surface area (Å²) >= 11 is 1.62. The van der Waals surface area contributed by atoms with E-state index in [-0.39, 0.29) is 12.3 Å². The number of hydrogen-bond donors (Lipinski definition) is 2. The largest absolute Gasteiger partial charge is 0.481 e. The molecular formula is C12H13NO4S. The molecule has 0 spiro atoms. The molecule has 5 nitrogen and oxygen atoms in total. The van der Waals surface area contributed by atoms with Crippen molar-refractivity contribution in [1.82, 2.24) is 5.32 Å². The Balaban J connectivity index is 1.92. The molecule has 1 aliphatic heterocycles. The number of carboxylic acids is 1. The number of thioether (sulfide) groups is 1. The summed E-state index contributed by atoms with van der Waals surface area (Å²) in [5, 5.41) is 11.6. The number of hydrogen-bond acceptors (Lipinski definition) is 4. The zero-order valence-electron chi connectivity index (χ0n) is 9.59. The molecule has 0 unspecified atom stereocenters. The van der Waals surface area contributed by atoms with Gasteiger partial charge in [-0.15, -0.1) is 0 Å². The Morgan fingerprint density at radius 2 is 2.33 bits per heavy atom. The van der Waals surface area contributed by atoms with Gasteiger partial charge in [-0.2, -0.15) is 11.8 Å². The number of carbonyl (C=O) groups excluding carboxylic acids is 1. The molecule has 0 aromatic carbocycles. The van der Waals surface area contributed by atoms with Crippen LogP contribution >= 0.6 is 11.8 Å². The van der Waals surface area contributed by atoms with E-state index in [1.165, 1.54) is 12.3 Å². The fourth-order valence-electron chi connectivity index (χ4n) is 1.70. The second-order valence-corrected chi connectivity index (χ2v) is 5.17. The van der Waals surface area contributed by atoms with Crippen molar-refractivity contribution in [2.24, 2.45) is 0 Å². The third-order valence-corrected chi connectivity index (χ3v) is 4.09. The Labute approximate surface area is 108 Å². The number of carbonyl (C=O) groups is 2. The summed E-state index contributed by atoms with van der Waals surface area (Å²) in [7, 11) is 0. The first-order valence-electron chi connectivity index (χ1n) is 5.43. The third kappa shape index (κ3) is 3.16. The minimum atomic E-state index is -0.898. The minimum Gasteiger partial charge on any atom is -0.481 e. The highest BCUT2D eigenvalue weighted by molar-refractivity contribution is 8.00. The Kier molecular flexibility index (Phi) is 3.76. The van der Waals surface area contributed by atoms with Crippen LogP contribution in [0.25, 0.3) is 6.08 Å². The first-order chi connectivity index (χ1) is 8.60. The van der Waals surface area contributed by atoms with E-state index < -0.39 is 11.5 Å². The quantitative estimate of drug-likeness (QED) is 0.788. The van der Waals surface area contributed by atoms with E-state index in [0.717, 1.165) is 0 Å². The van der Waals surface area contributed by atoms with Crippen LogP contribution in [0.4, 0.5) is 0 Å². The van der Waals surface area contributed by atoms with E-state index in [0.29, 0.717) is 17.3 Å². The fraction of sp³-hybridized carbons (Fsp3) is 0.333. The summed E-state index contributed by atoms with van der Waals surface area (Å²) in [6.07, 6.45) is 4.38. The molecule has 1 aromatic heterocycles. The zero-order chi connectivity index (χ0) is 13.0. The van der Waals surface area contributed by atoms with Gasteiger partial charge in [-0.05, 0) is 18.2 Å². The molecular weight excluding hydrogens is 254 g/mol. The van der Waals surface area contributed by atoms with Gasteiger partial charge in [-0.3, -0.25) is 9.59 Å². The standard InChI is InChI=1S/C12H13NO4S/c14-10(4-3-9-2-1-5-17-9)13-12(6-11(15)16)7-18-8-12/h1-5H,6-8H2,(H,13,14)(H,15,16)/b4-3+. The van der Waals surface area contributed by atoms with Crippen molar-refractivity contribution in [3.05, 3.63) is 30.2 Å². The van der Waals surface area contributed by atoms with Gasteiger partial charge in [0.15, 0.2) is 0 Å². The lowest BCUT2D eigenvalue weighted by Gasteiger charge is -2.40. The van der Waals surface area contributed by atoms with Crippen LogP contribution in [0.2, 0.25) is 0 Å². The first-order valence-corrected chi connectivity index (χ1v) is 6.58. The maximum Gasteiger partial charge on any atom is 0.305 e. The summed E-state index contributed by atoms with van der Waals surface area (Å²) < 4.78 is 5.05. The lowest BCUT2D eigenvalue weighted by Crippen LogP contribution is -2.58. The molecule has 6 heteroatoms. The molecule has 0 atom stereocenters.